The fourth-order valence-electron chi connectivity index (χ4n) is 4.21. The first-order valence-corrected chi connectivity index (χ1v) is 11.1. The minimum atomic E-state index is -0.349. The number of carbonyl (C=O) groups is 2. The van der Waals surface area contributed by atoms with Crippen molar-refractivity contribution in [1.82, 2.24) is 15.2 Å². The zero-order chi connectivity index (χ0) is 21.8. The molecule has 1 N–H and O–H groups in total. The minimum absolute atomic E-state index is 0.128. The Balaban J connectivity index is 1.44. The van der Waals surface area contributed by atoms with Gasteiger partial charge in [0.15, 0.2) is 5.75 Å². The molecule has 1 aliphatic carbocycles. The summed E-state index contributed by atoms with van der Waals surface area (Å²) in [4.78, 5) is 33.8. The zero-order valence-electron chi connectivity index (χ0n) is 17.6. The van der Waals surface area contributed by atoms with Gasteiger partial charge < -0.3 is 15.0 Å². The first-order chi connectivity index (χ1) is 15.0. The lowest BCUT2D eigenvalue weighted by Crippen LogP contribution is -2.44. The average Bonchev–Trinajstić information content (AvgIpc) is 2.89. The van der Waals surface area contributed by atoms with Gasteiger partial charge >= 0.3 is 0 Å². The smallest absolute Gasteiger partial charge is 0.264 e. The predicted octanol–water partition coefficient (Wildman–Crippen LogP) is 3.87. The van der Waals surface area contributed by atoms with Gasteiger partial charge in [0.05, 0.1) is 5.69 Å². The van der Waals surface area contributed by atoms with Gasteiger partial charge in [0.2, 0.25) is 11.8 Å². The lowest BCUT2D eigenvalue weighted by atomic mass is 9.94. The van der Waals surface area contributed by atoms with Crippen molar-refractivity contribution in [2.75, 3.05) is 31.6 Å². The molecule has 7 nitrogen and oxygen atoms in total. The van der Waals surface area contributed by atoms with E-state index in [0.717, 1.165) is 6.54 Å². The van der Waals surface area contributed by atoms with E-state index in [1.165, 1.54) is 37.0 Å². The summed E-state index contributed by atoms with van der Waals surface area (Å²) in [6, 6.07) is 8.89. The number of likely N-dealkylation sites (N-methyl/N-ethyl adjacent to an activating group) is 1. The third-order valence-electron chi connectivity index (χ3n) is 5.95. The Morgan fingerprint density at radius 2 is 2.10 bits per heavy atom. The van der Waals surface area contributed by atoms with Crippen LogP contribution >= 0.6 is 11.6 Å². The Morgan fingerprint density at radius 1 is 1.29 bits per heavy atom. The van der Waals surface area contributed by atoms with Gasteiger partial charge in [0.25, 0.3) is 5.91 Å². The molecule has 1 aromatic heterocycles. The van der Waals surface area contributed by atoms with Gasteiger partial charge in [0.1, 0.15) is 12.1 Å². The van der Waals surface area contributed by atoms with Crippen LogP contribution in [0.3, 0.4) is 0 Å². The van der Waals surface area contributed by atoms with E-state index in [0.29, 0.717) is 34.6 Å². The van der Waals surface area contributed by atoms with E-state index in [1.807, 2.05) is 0 Å². The molecule has 2 aromatic rings. The number of hydrogen-bond donors (Lipinski definition) is 1. The van der Waals surface area contributed by atoms with Gasteiger partial charge in [-0.2, -0.15) is 0 Å². The van der Waals surface area contributed by atoms with Crippen LogP contribution in [0.5, 0.6) is 11.6 Å². The highest BCUT2D eigenvalue weighted by molar-refractivity contribution is 6.31. The zero-order valence-corrected chi connectivity index (χ0v) is 18.4. The van der Waals surface area contributed by atoms with E-state index in [4.69, 9.17) is 16.3 Å². The van der Waals surface area contributed by atoms with Gasteiger partial charge in [-0.15, -0.1) is 0 Å². The van der Waals surface area contributed by atoms with Crippen molar-refractivity contribution in [2.45, 2.75) is 38.1 Å². The molecule has 1 saturated carbocycles. The summed E-state index contributed by atoms with van der Waals surface area (Å²) in [7, 11) is 2.11. The van der Waals surface area contributed by atoms with Crippen LogP contribution in [0.4, 0.5) is 5.69 Å². The van der Waals surface area contributed by atoms with Gasteiger partial charge in [-0.05, 0) is 50.2 Å². The van der Waals surface area contributed by atoms with Crippen LogP contribution in [0.2, 0.25) is 5.02 Å². The number of carbonyl (C=O) groups excluding carboxylic acids is 2. The van der Waals surface area contributed by atoms with Gasteiger partial charge in [0, 0.05) is 30.4 Å². The number of amides is 2. The lowest BCUT2D eigenvalue weighted by molar-refractivity contribution is -0.119. The van der Waals surface area contributed by atoms with Crippen molar-refractivity contribution < 1.29 is 14.3 Å². The number of ether oxygens (including phenoxy) is 1. The SMILES string of the molecule is CN(CCNC(=O)CN1C(=O)c2cccnc2Oc2ccc(Cl)cc21)C1CCCCC1. The highest BCUT2D eigenvalue weighted by Crippen LogP contribution is 2.39. The van der Waals surface area contributed by atoms with Crippen molar-refractivity contribution in [3.63, 3.8) is 0 Å². The summed E-state index contributed by atoms with van der Waals surface area (Å²) in [6.07, 6.45) is 7.87. The number of rotatable bonds is 6. The number of halogens is 1. The second-order valence-corrected chi connectivity index (χ2v) is 8.52. The van der Waals surface area contributed by atoms with Crippen LogP contribution in [-0.2, 0) is 4.79 Å². The third-order valence-corrected chi connectivity index (χ3v) is 6.19. The van der Waals surface area contributed by atoms with Gasteiger partial charge in [-0.3, -0.25) is 14.5 Å². The quantitative estimate of drug-likeness (QED) is 0.735. The number of aromatic nitrogens is 1. The minimum Gasteiger partial charge on any atom is -0.436 e. The average molecular weight is 443 g/mol. The molecule has 2 heterocycles. The Morgan fingerprint density at radius 3 is 2.90 bits per heavy atom. The van der Waals surface area contributed by atoms with Gasteiger partial charge in [-0.25, -0.2) is 4.98 Å². The fraction of sp³-hybridized carbons (Fsp3) is 0.435. The van der Waals surface area contributed by atoms with Crippen LogP contribution < -0.4 is 15.0 Å². The number of hydrogen-bond acceptors (Lipinski definition) is 5. The normalized spacial score (nSPS) is 16.4. The Hall–Kier alpha value is -2.64. The van der Waals surface area contributed by atoms with Crippen LogP contribution in [0.15, 0.2) is 36.5 Å². The molecule has 0 radical (unpaired) electrons. The summed E-state index contributed by atoms with van der Waals surface area (Å²) in [5.74, 6) is 0.0652. The van der Waals surface area contributed by atoms with Crippen LogP contribution in [0.25, 0.3) is 0 Å². The van der Waals surface area contributed by atoms with E-state index in [1.54, 1.807) is 36.5 Å². The molecule has 2 aliphatic rings. The van der Waals surface area contributed by atoms with Crippen molar-refractivity contribution in [3.05, 3.63) is 47.1 Å². The molecule has 0 spiro atoms. The summed E-state index contributed by atoms with van der Waals surface area (Å²) in [5.41, 5.74) is 0.754. The van der Waals surface area contributed by atoms with Crippen molar-refractivity contribution in [2.24, 2.45) is 0 Å². The molecule has 0 saturated heterocycles. The van der Waals surface area contributed by atoms with Crippen molar-refractivity contribution >= 4 is 29.1 Å². The first-order valence-electron chi connectivity index (χ1n) is 10.7. The maximum atomic E-state index is 13.2. The maximum Gasteiger partial charge on any atom is 0.264 e. The summed E-state index contributed by atoms with van der Waals surface area (Å²) in [5, 5.41) is 3.40. The Kier molecular flexibility index (Phi) is 6.73. The number of nitrogens with zero attached hydrogens (tertiary/aromatic N) is 3. The van der Waals surface area contributed by atoms with Crippen molar-refractivity contribution in [3.8, 4) is 11.6 Å². The molecule has 164 valence electrons. The second kappa shape index (κ2) is 9.66. The van der Waals surface area contributed by atoms with E-state index in [2.05, 4.69) is 22.2 Å². The molecule has 4 rings (SSSR count). The standard InChI is InChI=1S/C23H27ClN4O3/c1-27(17-6-3-2-4-7-17)13-12-25-21(29)15-28-19-14-16(24)9-10-20(19)31-22-18(23(28)30)8-5-11-26-22/h5,8-11,14,17H,2-4,6-7,12-13,15H2,1H3,(H,25,29). The second-order valence-electron chi connectivity index (χ2n) is 8.08. The molecule has 8 heteroatoms. The molecule has 0 bridgehead atoms. The number of anilines is 1. The summed E-state index contributed by atoms with van der Waals surface area (Å²) in [6.45, 7) is 1.19. The first kappa shape index (κ1) is 21.6. The summed E-state index contributed by atoms with van der Waals surface area (Å²) < 4.78 is 5.85. The molecule has 1 aliphatic heterocycles. The predicted molar refractivity (Wildman–Crippen MR) is 120 cm³/mol. The van der Waals surface area contributed by atoms with E-state index < -0.39 is 0 Å². The number of nitrogens with one attached hydrogen (secondary N) is 1. The molecular weight excluding hydrogens is 416 g/mol. The fourth-order valence-corrected chi connectivity index (χ4v) is 4.38. The molecular formula is C23H27ClN4O3. The molecule has 1 aromatic carbocycles. The highest BCUT2D eigenvalue weighted by Gasteiger charge is 2.30. The maximum absolute atomic E-state index is 13.2. The highest BCUT2D eigenvalue weighted by atomic mass is 35.5. The Bertz CT molecular complexity index is 962. The van der Waals surface area contributed by atoms with Crippen LogP contribution in [0, 0.1) is 0 Å². The topological polar surface area (TPSA) is 74.8 Å². The monoisotopic (exact) mass is 442 g/mol. The molecule has 0 unspecified atom stereocenters. The van der Waals surface area contributed by atoms with E-state index in [9.17, 15) is 9.59 Å². The van der Waals surface area contributed by atoms with E-state index >= 15 is 0 Å². The van der Waals surface area contributed by atoms with Gasteiger partial charge in [-0.1, -0.05) is 30.9 Å². The lowest BCUT2D eigenvalue weighted by Gasteiger charge is -2.31. The number of pyridine rings is 1. The largest absolute Gasteiger partial charge is 0.436 e. The molecule has 1 fully saturated rings. The van der Waals surface area contributed by atoms with Crippen LogP contribution in [0.1, 0.15) is 42.5 Å². The van der Waals surface area contributed by atoms with Crippen LogP contribution in [-0.4, -0.2) is 54.4 Å². The number of benzene rings is 1. The molecule has 2 amide bonds. The molecule has 31 heavy (non-hydrogen) atoms. The van der Waals surface area contributed by atoms with E-state index in [-0.39, 0.29) is 24.2 Å². The summed E-state index contributed by atoms with van der Waals surface area (Å²) >= 11 is 6.17. The third kappa shape index (κ3) is 4.99. The number of fused-ring (bicyclic) bond motifs is 2. The Labute approximate surface area is 187 Å². The van der Waals surface area contributed by atoms with Crippen molar-refractivity contribution in [1.29, 1.82) is 0 Å². The molecule has 0 atom stereocenters.